The minimum atomic E-state index is -4.44. The zero-order chi connectivity index (χ0) is 41.1. The van der Waals surface area contributed by atoms with Gasteiger partial charge in [-0.2, -0.15) is 0 Å². The summed E-state index contributed by atoms with van der Waals surface area (Å²) in [6.45, 7) is 4.01. The first-order valence-corrected chi connectivity index (χ1v) is 25.3. The Labute approximate surface area is 356 Å². The van der Waals surface area contributed by atoms with E-state index in [1.807, 2.05) is 41.3 Å². The largest absolute Gasteiger partial charge is 0.319 e. The highest BCUT2D eigenvalue weighted by molar-refractivity contribution is 8.78. The van der Waals surface area contributed by atoms with Gasteiger partial charge in [0.15, 0.2) is 19.5 Å². The van der Waals surface area contributed by atoms with Gasteiger partial charge in [0.1, 0.15) is 6.17 Å². The number of piperazine rings is 2. The van der Waals surface area contributed by atoms with Crippen LogP contribution in [0.1, 0.15) is 56.2 Å². The predicted octanol–water partition coefficient (Wildman–Crippen LogP) is 5.81. The molecule has 0 unspecified atom stereocenters. The minimum Gasteiger partial charge on any atom is -0.319 e. The first-order chi connectivity index (χ1) is 28.2. The van der Waals surface area contributed by atoms with Crippen LogP contribution in [-0.2, 0) is 46.5 Å². The number of hydrogen-bond acceptors (Lipinski definition) is 11. The van der Waals surface area contributed by atoms with Crippen LogP contribution in [0.3, 0.4) is 0 Å². The maximum absolute atomic E-state index is 15.7. The standard InChI is InChI=1S/C40H38N8O6S5/c1-35-31(49)46-29-21-24-13-7-8-16-26(24)37(29,22-39(46,57-55-35)33(51)44(35)3)38-23-40-34(52)45(20-12-11-19-42-43-41)36(2,56-58-40)32(50)47(40)30(38)48(28-18-10-9-17-27(28)38)59(53,54)25-14-5-4-6-15-25/h4-10,13-18,29-30H,11-12,19-23H2,1-3H3/t29-,30-,35-,36-,37-,38-,39-,40-/m0/s1. The van der Waals surface area contributed by atoms with E-state index in [2.05, 4.69) is 10.0 Å². The number of likely N-dealkylation sites (N-methyl/N-ethyl adjacent to an activating group) is 1. The number of carbonyl (C=O) groups is 4. The van der Waals surface area contributed by atoms with Crippen LogP contribution in [0.15, 0.2) is 88.9 Å². The molecule has 8 saturated heterocycles. The zero-order valence-corrected chi connectivity index (χ0v) is 36.3. The first-order valence-electron chi connectivity index (χ1n) is 19.5. The van der Waals surface area contributed by atoms with Crippen molar-refractivity contribution in [2.45, 2.75) is 93.4 Å². The topological polar surface area (TPSA) is 167 Å². The Hall–Kier alpha value is -4.00. The van der Waals surface area contributed by atoms with Crippen molar-refractivity contribution >= 4 is 82.5 Å². The predicted molar refractivity (Wildman–Crippen MR) is 227 cm³/mol. The fourth-order valence-corrected chi connectivity index (χ4v) is 20.6. The summed E-state index contributed by atoms with van der Waals surface area (Å²) >= 11 is 0. The van der Waals surface area contributed by atoms with Crippen LogP contribution in [0.5, 0.6) is 0 Å². The molecule has 3 aromatic carbocycles. The van der Waals surface area contributed by atoms with E-state index < -0.39 is 52.5 Å². The summed E-state index contributed by atoms with van der Waals surface area (Å²) in [5, 5.41) is 3.66. The van der Waals surface area contributed by atoms with Crippen molar-refractivity contribution in [2.24, 2.45) is 5.11 Å². The van der Waals surface area contributed by atoms with Crippen molar-refractivity contribution < 1.29 is 27.6 Å². The van der Waals surface area contributed by atoms with Gasteiger partial charge >= 0.3 is 0 Å². The average molecular weight is 887 g/mol. The molecule has 8 atom stereocenters. The lowest BCUT2D eigenvalue weighted by Crippen LogP contribution is -2.77. The molecular weight excluding hydrogens is 849 g/mol. The van der Waals surface area contributed by atoms with E-state index in [4.69, 9.17) is 5.53 Å². The molecule has 0 aromatic heterocycles. The van der Waals surface area contributed by atoms with Crippen LogP contribution >= 0.6 is 43.2 Å². The molecule has 14 nitrogen and oxygen atoms in total. The highest BCUT2D eigenvalue weighted by atomic mass is 33.1. The molecule has 59 heavy (non-hydrogen) atoms. The average Bonchev–Trinajstić information content (AvgIpc) is 3.92. The van der Waals surface area contributed by atoms with E-state index in [1.54, 1.807) is 78.1 Å². The number of para-hydroxylation sites is 1. The number of amides is 4. The lowest BCUT2D eigenvalue weighted by molar-refractivity contribution is -0.165. The van der Waals surface area contributed by atoms with Gasteiger partial charge in [-0.15, -0.1) is 0 Å². The van der Waals surface area contributed by atoms with Gasteiger partial charge < -0.3 is 14.7 Å². The summed E-state index contributed by atoms with van der Waals surface area (Å²) in [5.41, 5.74) is 9.32. The maximum atomic E-state index is 15.7. The second-order valence-corrected chi connectivity index (χ2v) is 24.3. The van der Waals surface area contributed by atoms with E-state index in [-0.39, 0.29) is 54.5 Å². The van der Waals surface area contributed by atoms with E-state index in [0.29, 0.717) is 30.5 Å². The Kier molecular flexibility index (Phi) is 7.78. The minimum absolute atomic E-state index is 0.0381. The fourth-order valence-electron chi connectivity index (χ4n) is 11.9. The molecule has 19 heteroatoms. The van der Waals surface area contributed by atoms with Gasteiger partial charge in [0, 0.05) is 49.3 Å². The molecule has 13 rings (SSSR count). The number of rotatable bonds is 8. The van der Waals surface area contributed by atoms with Crippen LogP contribution < -0.4 is 4.31 Å². The van der Waals surface area contributed by atoms with Crippen LogP contribution in [0.25, 0.3) is 10.4 Å². The number of benzene rings is 3. The second-order valence-electron chi connectivity index (χ2n) is 16.9. The lowest BCUT2D eigenvalue weighted by atomic mass is 9.53. The molecule has 4 bridgehead atoms. The summed E-state index contributed by atoms with van der Waals surface area (Å²) < 4.78 is 32.5. The van der Waals surface area contributed by atoms with Crippen molar-refractivity contribution in [3.63, 3.8) is 0 Å². The summed E-state index contributed by atoms with van der Waals surface area (Å²) in [7, 11) is 2.68. The Balaban J connectivity index is 1.21. The van der Waals surface area contributed by atoms with Crippen LogP contribution in [0.4, 0.5) is 5.69 Å². The molecule has 0 radical (unpaired) electrons. The molecule has 4 amide bonds. The van der Waals surface area contributed by atoms with Crippen molar-refractivity contribution in [3.8, 4) is 0 Å². The Bertz CT molecular complexity index is 2620. The molecule has 9 aliphatic heterocycles. The summed E-state index contributed by atoms with van der Waals surface area (Å²) in [4.78, 5) is 65.5. The quantitative estimate of drug-likeness (QED) is 0.0886. The van der Waals surface area contributed by atoms with Crippen molar-refractivity contribution in [2.75, 3.05) is 24.4 Å². The smallest absolute Gasteiger partial charge is 0.266 e. The number of unbranched alkanes of at least 4 members (excludes halogenated alkanes) is 1. The lowest BCUT2D eigenvalue weighted by Gasteiger charge is -2.59. The van der Waals surface area contributed by atoms with Crippen molar-refractivity contribution in [1.29, 1.82) is 0 Å². The molecule has 0 N–H and O–H groups in total. The Morgan fingerprint density at radius 2 is 1.37 bits per heavy atom. The van der Waals surface area contributed by atoms with Crippen LogP contribution in [0.2, 0.25) is 0 Å². The van der Waals surface area contributed by atoms with Crippen molar-refractivity contribution in [3.05, 3.63) is 106 Å². The number of nitrogens with zero attached hydrogens (tertiary/aromatic N) is 8. The van der Waals surface area contributed by atoms with E-state index >= 15 is 22.8 Å². The maximum Gasteiger partial charge on any atom is 0.266 e. The van der Waals surface area contributed by atoms with Gasteiger partial charge in [0.05, 0.1) is 16.0 Å². The molecule has 2 spiro atoms. The van der Waals surface area contributed by atoms with Gasteiger partial charge in [-0.25, -0.2) is 12.7 Å². The Morgan fingerprint density at radius 1 is 0.746 bits per heavy atom. The molecule has 10 aliphatic rings. The number of hydrogen-bond donors (Lipinski definition) is 0. The fraction of sp³-hybridized carbons (Fsp3) is 0.450. The van der Waals surface area contributed by atoms with Gasteiger partial charge in [-0.1, -0.05) is 109 Å². The van der Waals surface area contributed by atoms with Crippen LogP contribution in [-0.4, -0.2) is 103 Å². The molecule has 9 heterocycles. The highest BCUT2D eigenvalue weighted by Crippen LogP contribution is 2.79. The normalized spacial score (nSPS) is 37.0. The second kappa shape index (κ2) is 12.1. The highest BCUT2D eigenvalue weighted by Gasteiger charge is 2.88. The molecule has 304 valence electrons. The van der Waals surface area contributed by atoms with E-state index in [1.165, 1.54) is 47.5 Å². The third-order valence-corrected chi connectivity index (χ3v) is 23.6. The number of azide groups is 1. The van der Waals surface area contributed by atoms with Gasteiger partial charge in [-0.3, -0.25) is 24.1 Å². The number of anilines is 1. The molecule has 8 fully saturated rings. The molecule has 0 saturated carbocycles. The summed E-state index contributed by atoms with van der Waals surface area (Å²) in [5.74, 6) is -1.02. The molecular formula is C40H38N8O6S5. The first kappa shape index (κ1) is 38.0. The Morgan fingerprint density at radius 3 is 2.12 bits per heavy atom. The van der Waals surface area contributed by atoms with Gasteiger partial charge in [0.25, 0.3) is 33.7 Å². The molecule has 3 aromatic rings. The third kappa shape index (κ3) is 4.13. The van der Waals surface area contributed by atoms with Gasteiger partial charge in [0.2, 0.25) is 0 Å². The van der Waals surface area contributed by atoms with E-state index in [0.717, 1.165) is 11.1 Å². The van der Waals surface area contributed by atoms with Gasteiger partial charge in [-0.05, 0) is 73.5 Å². The van der Waals surface area contributed by atoms with E-state index in [9.17, 15) is 4.79 Å². The summed E-state index contributed by atoms with van der Waals surface area (Å²) in [6, 6.07) is 22.9. The third-order valence-electron chi connectivity index (χ3n) is 14.5. The number of sulfonamides is 1. The number of carbonyl (C=O) groups excluding carboxylic acids is 4. The van der Waals surface area contributed by atoms with Crippen LogP contribution in [0, 0.1) is 0 Å². The number of fused-ring (bicyclic) bond motifs is 11. The zero-order valence-electron chi connectivity index (χ0n) is 32.2. The monoisotopic (exact) mass is 886 g/mol. The summed E-state index contributed by atoms with van der Waals surface area (Å²) in [6.07, 6.45) is 0.358. The molecule has 1 aliphatic carbocycles. The van der Waals surface area contributed by atoms with Crippen molar-refractivity contribution in [1.82, 2.24) is 19.6 Å². The SMILES string of the molecule is CN1C(=O)[C@@]23C[C@]4([C@]56C[C@@]78SS[C@@](C)(C(=O)N7[C@H]5N(S(=O)(=O)c5ccccc5)c5ccccc56)N(CCCCN=[N+]=[N-])C8=O)c5ccccc5C[C@@H]4N2C(=O)[C@]1(C)SS3.